The van der Waals surface area contributed by atoms with Crippen molar-refractivity contribution in [3.05, 3.63) is 52.8 Å². The monoisotopic (exact) mass is 340 g/mol. The second-order valence-corrected chi connectivity index (χ2v) is 7.68. The van der Waals surface area contributed by atoms with Gasteiger partial charge in [0.2, 0.25) is 0 Å². The zero-order valence-electron chi connectivity index (χ0n) is 14.2. The molecule has 1 unspecified atom stereocenters. The van der Waals surface area contributed by atoms with Crippen LogP contribution in [0.1, 0.15) is 59.5 Å². The number of allylic oxidation sites excluding steroid dienone is 3. The van der Waals surface area contributed by atoms with Crippen LogP contribution in [0.15, 0.2) is 36.1 Å². The topological polar surface area (TPSA) is 77.8 Å². The van der Waals surface area contributed by atoms with Crippen LogP contribution in [0.25, 0.3) is 0 Å². The van der Waals surface area contributed by atoms with Crippen molar-refractivity contribution in [2.75, 3.05) is 0 Å². The summed E-state index contributed by atoms with van der Waals surface area (Å²) >= 11 is 0. The zero-order valence-corrected chi connectivity index (χ0v) is 14.2. The average Bonchev–Trinajstić information content (AvgIpc) is 2.61. The van der Waals surface area contributed by atoms with Gasteiger partial charge in [0.05, 0.1) is 0 Å². The smallest absolute Gasteiger partial charge is 0.339 e. The molecule has 0 saturated heterocycles. The third-order valence-corrected chi connectivity index (χ3v) is 6.38. The number of aliphatic hydroxyl groups is 1. The van der Waals surface area contributed by atoms with E-state index in [0.717, 1.165) is 30.4 Å². The van der Waals surface area contributed by atoms with Gasteiger partial charge in [-0.2, -0.15) is 0 Å². The van der Waals surface area contributed by atoms with Crippen molar-refractivity contribution in [2.45, 2.75) is 44.4 Å². The van der Waals surface area contributed by atoms with Gasteiger partial charge in [0.1, 0.15) is 17.1 Å². The van der Waals surface area contributed by atoms with E-state index in [1.165, 1.54) is 19.3 Å². The van der Waals surface area contributed by atoms with Gasteiger partial charge >= 0.3 is 5.97 Å². The molecular formula is C21H24O4. The number of carboxylic acids is 1. The summed E-state index contributed by atoms with van der Waals surface area (Å²) in [6.07, 6.45) is 12.2. The summed E-state index contributed by atoms with van der Waals surface area (Å²) in [4.78, 5) is 11.4. The maximum atomic E-state index is 11.4. The number of aliphatic hydroxyl groups excluding tert-OH is 1. The minimum atomic E-state index is -1.08. The van der Waals surface area contributed by atoms with Crippen LogP contribution in [-0.2, 0) is 6.42 Å². The Morgan fingerprint density at radius 3 is 2.60 bits per heavy atom. The molecule has 0 heterocycles. The molecule has 132 valence electrons. The molecule has 0 radical (unpaired) electrons. The quantitative estimate of drug-likeness (QED) is 0.738. The van der Waals surface area contributed by atoms with Crippen LogP contribution in [0.5, 0.6) is 5.75 Å². The van der Waals surface area contributed by atoms with E-state index in [2.05, 4.69) is 6.08 Å². The molecule has 0 aliphatic heterocycles. The number of hydrogen-bond donors (Lipinski definition) is 3. The van der Waals surface area contributed by atoms with E-state index in [4.69, 9.17) is 0 Å². The summed E-state index contributed by atoms with van der Waals surface area (Å²) in [6.45, 7) is 0. The molecule has 0 aromatic heterocycles. The Kier molecular flexibility index (Phi) is 4.06. The standard InChI is InChI=1S/C21H24O4/c22-14-7-5-12(6-8-14)17-9-13-10-19(21(24)25)20(23)11-18(13)16-4-2-1-3-15(16)17/h5,7-8,10-12,15-17,22-23H,1-4,6,9H2,(H,24,25)/t12?,15-,16+,17-/m0/s1. The molecule has 0 bridgehead atoms. The van der Waals surface area contributed by atoms with Gasteiger partial charge in [0.15, 0.2) is 0 Å². The first kappa shape index (κ1) is 16.2. The van der Waals surface area contributed by atoms with Crippen molar-refractivity contribution >= 4 is 5.97 Å². The number of aromatic carboxylic acids is 1. The lowest BCUT2D eigenvalue weighted by Gasteiger charge is -2.45. The molecule has 4 nitrogen and oxygen atoms in total. The fraction of sp³-hybridized carbons (Fsp3) is 0.476. The molecule has 4 heteroatoms. The van der Waals surface area contributed by atoms with Gasteiger partial charge in [-0.05, 0) is 84.8 Å². The van der Waals surface area contributed by atoms with E-state index in [9.17, 15) is 20.1 Å². The predicted molar refractivity (Wildman–Crippen MR) is 94.9 cm³/mol. The Balaban J connectivity index is 1.73. The van der Waals surface area contributed by atoms with E-state index < -0.39 is 5.97 Å². The fourth-order valence-corrected chi connectivity index (χ4v) is 5.22. The first-order valence-corrected chi connectivity index (χ1v) is 9.21. The molecule has 0 amide bonds. The largest absolute Gasteiger partial charge is 0.508 e. The third kappa shape index (κ3) is 2.84. The van der Waals surface area contributed by atoms with Crippen molar-refractivity contribution in [2.24, 2.45) is 17.8 Å². The van der Waals surface area contributed by atoms with Crippen molar-refractivity contribution in [1.29, 1.82) is 0 Å². The second-order valence-electron chi connectivity index (χ2n) is 7.68. The molecule has 0 spiro atoms. The number of rotatable bonds is 2. The molecule has 4 atom stereocenters. The van der Waals surface area contributed by atoms with E-state index in [1.54, 1.807) is 18.2 Å². The number of carboxylic acid groups (broad SMARTS) is 1. The number of phenols is 1. The zero-order chi connectivity index (χ0) is 17.6. The van der Waals surface area contributed by atoms with Gasteiger partial charge in [-0.15, -0.1) is 0 Å². The van der Waals surface area contributed by atoms with Crippen LogP contribution >= 0.6 is 0 Å². The molecule has 1 fully saturated rings. The van der Waals surface area contributed by atoms with Crippen molar-refractivity contribution < 1.29 is 20.1 Å². The van der Waals surface area contributed by atoms with E-state index in [1.807, 2.05) is 6.08 Å². The maximum absolute atomic E-state index is 11.4. The highest BCUT2D eigenvalue weighted by Crippen LogP contribution is 2.52. The molecule has 1 aromatic rings. The minimum absolute atomic E-state index is 0.00323. The summed E-state index contributed by atoms with van der Waals surface area (Å²) in [5.74, 6) is 0.975. The van der Waals surface area contributed by atoms with E-state index >= 15 is 0 Å². The van der Waals surface area contributed by atoms with Gasteiger partial charge in [0.25, 0.3) is 0 Å². The lowest BCUT2D eigenvalue weighted by atomic mass is 9.59. The SMILES string of the molecule is O=C(O)c1cc2c(cc1O)[C@@H]1CCCC[C@@H]1[C@H](C1C=CC(O)=CC1)C2. The second kappa shape index (κ2) is 6.25. The maximum Gasteiger partial charge on any atom is 0.339 e. The Morgan fingerprint density at radius 2 is 1.88 bits per heavy atom. The van der Waals surface area contributed by atoms with Gasteiger partial charge in [-0.3, -0.25) is 0 Å². The summed E-state index contributed by atoms with van der Waals surface area (Å²) in [5, 5.41) is 29.1. The number of carbonyl (C=O) groups is 1. The summed E-state index contributed by atoms with van der Waals surface area (Å²) < 4.78 is 0. The highest BCUT2D eigenvalue weighted by Gasteiger charge is 2.41. The molecule has 1 aromatic carbocycles. The highest BCUT2D eigenvalue weighted by atomic mass is 16.4. The fourth-order valence-electron chi connectivity index (χ4n) is 5.22. The molecule has 4 rings (SSSR count). The lowest BCUT2D eigenvalue weighted by Crippen LogP contribution is -2.36. The Morgan fingerprint density at radius 1 is 1.08 bits per heavy atom. The van der Waals surface area contributed by atoms with E-state index in [-0.39, 0.29) is 11.3 Å². The third-order valence-electron chi connectivity index (χ3n) is 6.38. The first-order valence-electron chi connectivity index (χ1n) is 9.21. The van der Waals surface area contributed by atoms with Gasteiger partial charge in [0, 0.05) is 0 Å². The van der Waals surface area contributed by atoms with Crippen LogP contribution < -0.4 is 0 Å². The number of fused-ring (bicyclic) bond motifs is 3. The lowest BCUT2D eigenvalue weighted by molar-refractivity contribution is 0.0693. The first-order chi connectivity index (χ1) is 12.0. The molecule has 3 aliphatic carbocycles. The van der Waals surface area contributed by atoms with Crippen LogP contribution in [-0.4, -0.2) is 21.3 Å². The molecular weight excluding hydrogens is 316 g/mol. The van der Waals surface area contributed by atoms with Crippen LogP contribution in [0.4, 0.5) is 0 Å². The number of benzene rings is 1. The van der Waals surface area contributed by atoms with Crippen LogP contribution in [0, 0.1) is 17.8 Å². The Hall–Kier alpha value is -2.23. The average molecular weight is 340 g/mol. The number of hydrogen-bond acceptors (Lipinski definition) is 3. The van der Waals surface area contributed by atoms with Crippen molar-refractivity contribution in [3.63, 3.8) is 0 Å². The predicted octanol–water partition coefficient (Wildman–Crippen LogP) is 4.55. The Bertz CT molecular complexity index is 761. The summed E-state index contributed by atoms with van der Waals surface area (Å²) in [5.41, 5.74) is 2.24. The molecule has 3 aliphatic rings. The van der Waals surface area contributed by atoms with Gasteiger partial charge in [-0.1, -0.05) is 18.9 Å². The molecule has 1 saturated carbocycles. The van der Waals surface area contributed by atoms with Crippen LogP contribution in [0.2, 0.25) is 0 Å². The van der Waals surface area contributed by atoms with Crippen LogP contribution in [0.3, 0.4) is 0 Å². The van der Waals surface area contributed by atoms with Gasteiger partial charge < -0.3 is 15.3 Å². The van der Waals surface area contributed by atoms with E-state index in [0.29, 0.717) is 29.4 Å². The van der Waals surface area contributed by atoms with Crippen molar-refractivity contribution in [3.8, 4) is 5.75 Å². The Labute approximate surface area is 147 Å². The molecule has 25 heavy (non-hydrogen) atoms. The summed E-state index contributed by atoms with van der Waals surface area (Å²) in [6, 6.07) is 3.39. The van der Waals surface area contributed by atoms with Crippen molar-refractivity contribution in [1.82, 2.24) is 0 Å². The highest BCUT2D eigenvalue weighted by molar-refractivity contribution is 5.91. The minimum Gasteiger partial charge on any atom is -0.508 e. The normalized spacial score (nSPS) is 31.0. The van der Waals surface area contributed by atoms with Gasteiger partial charge in [-0.25, -0.2) is 4.79 Å². The number of aromatic hydroxyl groups is 1. The molecule has 3 N–H and O–H groups in total. The summed E-state index contributed by atoms with van der Waals surface area (Å²) in [7, 11) is 0.